The number of benzene rings is 1. The Morgan fingerprint density at radius 3 is 2.59 bits per heavy atom. The van der Waals surface area contributed by atoms with Gasteiger partial charge in [-0.15, -0.1) is 0 Å². The molecule has 0 aliphatic carbocycles. The molecule has 0 fully saturated rings. The van der Waals surface area contributed by atoms with Crippen molar-refractivity contribution in [1.29, 1.82) is 0 Å². The quantitative estimate of drug-likeness (QED) is 0.760. The van der Waals surface area contributed by atoms with Crippen molar-refractivity contribution in [2.24, 2.45) is 0 Å². The lowest BCUT2D eigenvalue weighted by molar-refractivity contribution is 0.201. The summed E-state index contributed by atoms with van der Waals surface area (Å²) in [5.41, 5.74) is 1.97. The maximum Gasteiger partial charge on any atom is 0.267 e. The van der Waals surface area contributed by atoms with Gasteiger partial charge in [0.15, 0.2) is 0 Å². The van der Waals surface area contributed by atoms with Crippen LogP contribution in [-0.4, -0.2) is 43.5 Å². The molecule has 1 unspecified atom stereocenters. The molecular formula is C11H17NO4S. The van der Waals surface area contributed by atoms with Crippen molar-refractivity contribution in [2.45, 2.75) is 13.0 Å². The molecular weight excluding hydrogens is 242 g/mol. The lowest BCUT2D eigenvalue weighted by Gasteiger charge is -2.22. The highest BCUT2D eigenvalue weighted by Crippen LogP contribution is 2.14. The lowest BCUT2D eigenvalue weighted by Crippen LogP contribution is -2.33. The number of rotatable bonds is 5. The molecule has 17 heavy (non-hydrogen) atoms. The number of aliphatic hydroxyl groups excluding tert-OH is 1. The minimum Gasteiger partial charge on any atom is -0.390 e. The number of aliphatic hydroxyl groups is 1. The van der Waals surface area contributed by atoms with E-state index in [4.69, 9.17) is 4.55 Å². The van der Waals surface area contributed by atoms with Gasteiger partial charge in [0.1, 0.15) is 5.75 Å². The van der Waals surface area contributed by atoms with Crippen molar-refractivity contribution in [3.05, 3.63) is 29.8 Å². The van der Waals surface area contributed by atoms with Gasteiger partial charge in [0.25, 0.3) is 10.1 Å². The average molecular weight is 259 g/mol. The van der Waals surface area contributed by atoms with Crippen molar-refractivity contribution < 1.29 is 18.1 Å². The van der Waals surface area contributed by atoms with Gasteiger partial charge in [0, 0.05) is 19.3 Å². The van der Waals surface area contributed by atoms with E-state index in [9.17, 15) is 13.5 Å². The fraction of sp³-hybridized carbons (Fsp3) is 0.455. The molecule has 0 aliphatic rings. The molecule has 0 saturated carbocycles. The Bertz CT molecular complexity index is 472. The van der Waals surface area contributed by atoms with E-state index in [1.807, 2.05) is 31.2 Å². The van der Waals surface area contributed by atoms with E-state index < -0.39 is 22.0 Å². The van der Waals surface area contributed by atoms with Gasteiger partial charge >= 0.3 is 0 Å². The summed E-state index contributed by atoms with van der Waals surface area (Å²) in [7, 11) is -2.38. The first-order chi connectivity index (χ1) is 7.78. The van der Waals surface area contributed by atoms with Crippen LogP contribution in [0.2, 0.25) is 0 Å². The number of likely N-dealkylation sites (N-methyl/N-ethyl adjacent to an activating group) is 1. The van der Waals surface area contributed by atoms with Crippen LogP contribution in [0.4, 0.5) is 5.69 Å². The number of aryl methyl sites for hydroxylation is 1. The average Bonchev–Trinajstić information content (AvgIpc) is 2.14. The highest BCUT2D eigenvalue weighted by Gasteiger charge is 2.16. The molecule has 6 heteroatoms. The molecule has 0 saturated heterocycles. The van der Waals surface area contributed by atoms with Gasteiger partial charge < -0.3 is 10.0 Å². The molecule has 2 N–H and O–H groups in total. The Hall–Kier alpha value is -1.11. The monoisotopic (exact) mass is 259 g/mol. The summed E-state index contributed by atoms with van der Waals surface area (Å²) < 4.78 is 29.8. The maximum atomic E-state index is 10.6. The predicted octanol–water partition coefficient (Wildman–Crippen LogP) is 0.680. The fourth-order valence-electron chi connectivity index (χ4n) is 1.58. The van der Waals surface area contributed by atoms with Crippen LogP contribution in [0.3, 0.4) is 0 Å². The van der Waals surface area contributed by atoms with E-state index in [0.717, 1.165) is 11.3 Å². The van der Waals surface area contributed by atoms with E-state index in [0.29, 0.717) is 0 Å². The number of hydrogen-bond acceptors (Lipinski definition) is 4. The Morgan fingerprint density at radius 2 is 2.06 bits per heavy atom. The van der Waals surface area contributed by atoms with E-state index in [1.54, 1.807) is 11.9 Å². The lowest BCUT2D eigenvalue weighted by atomic mass is 10.2. The normalized spacial score (nSPS) is 13.4. The van der Waals surface area contributed by atoms with Gasteiger partial charge in [-0.2, -0.15) is 8.42 Å². The van der Waals surface area contributed by atoms with Gasteiger partial charge in [-0.3, -0.25) is 4.55 Å². The predicted molar refractivity (Wildman–Crippen MR) is 66.9 cm³/mol. The smallest absolute Gasteiger partial charge is 0.267 e. The summed E-state index contributed by atoms with van der Waals surface area (Å²) in [4.78, 5) is 1.74. The van der Waals surface area contributed by atoms with E-state index >= 15 is 0 Å². The van der Waals surface area contributed by atoms with Gasteiger partial charge in [-0.1, -0.05) is 12.1 Å². The highest BCUT2D eigenvalue weighted by molar-refractivity contribution is 7.85. The zero-order chi connectivity index (χ0) is 13.1. The Labute approximate surface area is 101 Å². The fourth-order valence-corrected chi connectivity index (χ4v) is 2.17. The number of nitrogens with zero attached hydrogens (tertiary/aromatic N) is 1. The van der Waals surface area contributed by atoms with Gasteiger partial charge in [-0.05, 0) is 24.6 Å². The molecule has 96 valence electrons. The molecule has 0 aromatic heterocycles. The molecule has 1 aromatic carbocycles. The third-order valence-electron chi connectivity index (χ3n) is 2.33. The van der Waals surface area contributed by atoms with Crippen LogP contribution in [0.1, 0.15) is 5.56 Å². The Kier molecular flexibility index (Phi) is 4.50. The molecule has 0 aliphatic heterocycles. The van der Waals surface area contributed by atoms with Crippen LogP contribution < -0.4 is 4.90 Å². The third-order valence-corrected chi connectivity index (χ3v) is 3.14. The second kappa shape index (κ2) is 5.48. The van der Waals surface area contributed by atoms with Crippen LogP contribution in [0.5, 0.6) is 0 Å². The Morgan fingerprint density at radius 1 is 1.41 bits per heavy atom. The second-order valence-electron chi connectivity index (χ2n) is 4.12. The molecule has 1 aromatic rings. The minimum atomic E-state index is -4.14. The largest absolute Gasteiger partial charge is 0.390 e. The molecule has 0 spiro atoms. The summed E-state index contributed by atoms with van der Waals surface area (Å²) >= 11 is 0. The summed E-state index contributed by atoms with van der Waals surface area (Å²) in [5.74, 6) is -0.650. The van der Waals surface area contributed by atoms with Crippen molar-refractivity contribution >= 4 is 15.8 Å². The van der Waals surface area contributed by atoms with Gasteiger partial charge in [0.05, 0.1) is 6.10 Å². The number of hydrogen-bond donors (Lipinski definition) is 2. The topological polar surface area (TPSA) is 77.8 Å². The zero-order valence-corrected chi connectivity index (χ0v) is 10.7. The minimum absolute atomic E-state index is 0.142. The highest BCUT2D eigenvalue weighted by atomic mass is 32.2. The molecule has 0 amide bonds. The SMILES string of the molecule is Cc1cccc(N(C)CC(O)CS(=O)(=O)O)c1. The molecule has 0 bridgehead atoms. The van der Waals surface area contributed by atoms with Crippen LogP contribution in [0.25, 0.3) is 0 Å². The van der Waals surface area contributed by atoms with E-state index in [1.165, 1.54) is 0 Å². The summed E-state index contributed by atoms with van der Waals surface area (Å²) in [6, 6.07) is 7.63. The van der Waals surface area contributed by atoms with E-state index in [-0.39, 0.29) is 6.54 Å². The third kappa shape index (κ3) is 5.16. The first kappa shape index (κ1) is 14.0. The van der Waals surface area contributed by atoms with Crippen molar-refractivity contribution in [3.8, 4) is 0 Å². The molecule has 5 nitrogen and oxygen atoms in total. The van der Waals surface area contributed by atoms with Gasteiger partial charge in [-0.25, -0.2) is 0 Å². The summed E-state index contributed by atoms with van der Waals surface area (Å²) in [6.45, 7) is 2.09. The molecule has 1 rings (SSSR count). The van der Waals surface area contributed by atoms with Crippen molar-refractivity contribution in [3.63, 3.8) is 0 Å². The molecule has 1 atom stereocenters. The van der Waals surface area contributed by atoms with Gasteiger partial charge in [0.2, 0.25) is 0 Å². The standard InChI is InChI=1S/C11H17NO4S/c1-9-4-3-5-10(6-9)12(2)7-11(13)8-17(14,15)16/h3-6,11,13H,7-8H2,1-2H3,(H,14,15,16). The molecule has 0 heterocycles. The molecule has 0 radical (unpaired) electrons. The van der Waals surface area contributed by atoms with Crippen LogP contribution in [0, 0.1) is 6.92 Å². The number of anilines is 1. The first-order valence-corrected chi connectivity index (χ1v) is 6.80. The van der Waals surface area contributed by atoms with Crippen molar-refractivity contribution in [1.82, 2.24) is 0 Å². The summed E-state index contributed by atoms with van der Waals surface area (Å²) in [6.07, 6.45) is -1.12. The first-order valence-electron chi connectivity index (χ1n) is 5.19. The van der Waals surface area contributed by atoms with Crippen LogP contribution >= 0.6 is 0 Å². The maximum absolute atomic E-state index is 10.6. The van der Waals surface area contributed by atoms with Crippen LogP contribution in [0.15, 0.2) is 24.3 Å². The summed E-state index contributed by atoms with van der Waals surface area (Å²) in [5, 5.41) is 9.50. The van der Waals surface area contributed by atoms with Crippen molar-refractivity contribution in [2.75, 3.05) is 24.2 Å². The van der Waals surface area contributed by atoms with Crippen LogP contribution in [-0.2, 0) is 10.1 Å². The van der Waals surface area contributed by atoms with E-state index in [2.05, 4.69) is 0 Å². The second-order valence-corrected chi connectivity index (χ2v) is 5.62. The zero-order valence-electron chi connectivity index (χ0n) is 9.87. The Balaban J connectivity index is 2.63.